The molecule has 0 saturated heterocycles. The second-order valence-corrected chi connectivity index (χ2v) is 7.19. The Morgan fingerprint density at radius 2 is 1.80 bits per heavy atom. The molecule has 2 N–H and O–H groups in total. The largest absolute Gasteiger partial charge is 0.493 e. The van der Waals surface area contributed by atoms with Gasteiger partial charge in [-0.3, -0.25) is 0 Å². The van der Waals surface area contributed by atoms with Crippen molar-refractivity contribution in [2.24, 2.45) is 12.0 Å². The molecule has 2 aromatic rings. The third-order valence-electron chi connectivity index (χ3n) is 4.31. The molecule has 0 fully saturated rings. The highest BCUT2D eigenvalue weighted by Gasteiger charge is 2.14. The molecule has 0 aliphatic carbocycles. The number of rotatable bonds is 10. The maximum Gasteiger partial charge on any atom is 0.203 e. The lowest BCUT2D eigenvalue weighted by molar-refractivity contribution is 0.324. The smallest absolute Gasteiger partial charge is 0.203 e. The molecule has 0 atom stereocenters. The number of thioether (sulfide) groups is 1. The Kier molecular flexibility index (Phi) is 11.7. The number of benzene rings is 1. The molecule has 168 valence electrons. The molecule has 9 nitrogen and oxygen atoms in total. The summed E-state index contributed by atoms with van der Waals surface area (Å²) < 4.78 is 18.2. The molecule has 1 aromatic heterocycles. The predicted octanol–water partition coefficient (Wildman–Crippen LogP) is 3.08. The molecule has 0 amide bonds. The zero-order valence-electron chi connectivity index (χ0n) is 18.3. The first kappa shape index (κ1) is 26.1. The van der Waals surface area contributed by atoms with Gasteiger partial charge in [0.05, 0.1) is 21.3 Å². The molecule has 0 radical (unpaired) electrons. The fourth-order valence-electron chi connectivity index (χ4n) is 2.59. The fourth-order valence-corrected chi connectivity index (χ4v) is 3.02. The van der Waals surface area contributed by atoms with Crippen LogP contribution in [0.2, 0.25) is 0 Å². The molecule has 0 aliphatic heterocycles. The van der Waals surface area contributed by atoms with Crippen LogP contribution >= 0.6 is 35.7 Å². The molecule has 0 aliphatic rings. The topological polar surface area (TPSA) is 94.8 Å². The minimum atomic E-state index is 0. The molecule has 0 unspecified atom stereocenters. The third-order valence-corrected chi connectivity index (χ3v) is 5.00. The Balaban J connectivity index is 0.00000450. The normalized spacial score (nSPS) is 10.9. The third kappa shape index (κ3) is 7.11. The average Bonchev–Trinajstić information content (AvgIpc) is 3.06. The van der Waals surface area contributed by atoms with Gasteiger partial charge in [-0.25, -0.2) is 4.99 Å². The lowest BCUT2D eigenvalue weighted by Crippen LogP contribution is -2.32. The van der Waals surface area contributed by atoms with Gasteiger partial charge in [-0.2, -0.15) is 11.8 Å². The molecule has 0 spiro atoms. The van der Waals surface area contributed by atoms with Crippen molar-refractivity contribution in [2.45, 2.75) is 19.9 Å². The zero-order chi connectivity index (χ0) is 21.2. The second kappa shape index (κ2) is 13.4. The highest BCUT2D eigenvalue weighted by atomic mass is 127. The van der Waals surface area contributed by atoms with Crippen molar-refractivity contribution >= 4 is 47.4 Å². The van der Waals surface area contributed by atoms with Gasteiger partial charge in [0, 0.05) is 31.4 Å². The summed E-state index contributed by atoms with van der Waals surface area (Å²) in [5, 5.41) is 14.9. The van der Waals surface area contributed by atoms with E-state index in [-0.39, 0.29) is 24.0 Å². The molecule has 1 aromatic carbocycles. The minimum Gasteiger partial charge on any atom is -0.493 e. The van der Waals surface area contributed by atoms with E-state index in [0.717, 1.165) is 36.1 Å². The first-order valence-corrected chi connectivity index (χ1v) is 10.6. The van der Waals surface area contributed by atoms with Crippen molar-refractivity contribution < 1.29 is 14.2 Å². The molecule has 0 bridgehead atoms. The van der Waals surface area contributed by atoms with Gasteiger partial charge < -0.3 is 29.4 Å². The lowest BCUT2D eigenvalue weighted by atomic mass is 10.2. The van der Waals surface area contributed by atoms with Crippen LogP contribution in [0.1, 0.15) is 18.1 Å². The molecule has 0 saturated carbocycles. The fraction of sp³-hybridized carbons (Fsp3) is 0.526. The van der Waals surface area contributed by atoms with Crippen LogP contribution in [0.25, 0.3) is 0 Å². The molecule has 2 rings (SSSR count). The highest BCUT2D eigenvalue weighted by molar-refractivity contribution is 14.0. The van der Waals surface area contributed by atoms with Crippen molar-refractivity contribution in [2.75, 3.05) is 45.2 Å². The van der Waals surface area contributed by atoms with E-state index in [2.05, 4.69) is 32.1 Å². The van der Waals surface area contributed by atoms with Gasteiger partial charge in [0.2, 0.25) is 5.75 Å². The van der Waals surface area contributed by atoms with E-state index in [9.17, 15) is 0 Å². The molecule has 1 heterocycles. The monoisotopic (exact) mass is 550 g/mol. The Hall–Kier alpha value is -1.89. The number of nitrogens with zero attached hydrogens (tertiary/aromatic N) is 4. The zero-order valence-corrected chi connectivity index (χ0v) is 21.5. The summed E-state index contributed by atoms with van der Waals surface area (Å²) in [6, 6.07) is 3.68. The Morgan fingerprint density at radius 1 is 1.13 bits per heavy atom. The van der Waals surface area contributed by atoms with Crippen molar-refractivity contribution in [3.8, 4) is 17.2 Å². The van der Waals surface area contributed by atoms with Gasteiger partial charge in [-0.15, -0.1) is 34.2 Å². The lowest BCUT2D eigenvalue weighted by Gasteiger charge is -2.17. The van der Waals surface area contributed by atoms with E-state index in [4.69, 9.17) is 14.2 Å². The molecule has 11 heteroatoms. The number of aromatic nitrogens is 3. The Labute approximate surface area is 199 Å². The summed E-state index contributed by atoms with van der Waals surface area (Å²) in [7, 11) is 6.69. The molecular formula is C19H31IN6O3S. The van der Waals surface area contributed by atoms with Crippen LogP contribution in [0.3, 0.4) is 0 Å². The first-order chi connectivity index (χ1) is 14.0. The van der Waals surface area contributed by atoms with Crippen molar-refractivity contribution in [1.29, 1.82) is 0 Å². The van der Waals surface area contributed by atoms with E-state index in [1.54, 1.807) is 21.3 Å². The van der Waals surface area contributed by atoms with Gasteiger partial charge in [-0.1, -0.05) is 0 Å². The van der Waals surface area contributed by atoms with Crippen LogP contribution in [0.5, 0.6) is 17.2 Å². The Morgan fingerprint density at radius 3 is 2.30 bits per heavy atom. The van der Waals surface area contributed by atoms with E-state index >= 15 is 0 Å². The summed E-state index contributed by atoms with van der Waals surface area (Å²) in [4.78, 5) is 4.67. The van der Waals surface area contributed by atoms with Crippen molar-refractivity contribution in [3.05, 3.63) is 23.8 Å². The van der Waals surface area contributed by atoms with Crippen molar-refractivity contribution in [1.82, 2.24) is 20.1 Å². The van der Waals surface area contributed by atoms with Gasteiger partial charge in [0.25, 0.3) is 0 Å². The van der Waals surface area contributed by atoms with Crippen LogP contribution in [0, 0.1) is 6.92 Å². The summed E-state index contributed by atoms with van der Waals surface area (Å²) >= 11 is 1.82. The summed E-state index contributed by atoms with van der Waals surface area (Å²) in [5.41, 5.74) is 0.768. The van der Waals surface area contributed by atoms with Crippen LogP contribution in [0.15, 0.2) is 17.1 Å². The predicted molar refractivity (Wildman–Crippen MR) is 133 cm³/mol. The maximum atomic E-state index is 5.43. The van der Waals surface area contributed by atoms with E-state index < -0.39 is 0 Å². The highest BCUT2D eigenvalue weighted by Crippen LogP contribution is 2.39. The quantitative estimate of drug-likeness (QED) is 0.202. The average molecular weight is 550 g/mol. The molecular weight excluding hydrogens is 519 g/mol. The van der Waals surface area contributed by atoms with E-state index in [0.29, 0.717) is 29.8 Å². The summed E-state index contributed by atoms with van der Waals surface area (Å²) in [5.74, 6) is 5.04. The number of guanidine groups is 1. The van der Waals surface area contributed by atoms with Gasteiger partial charge in [0.15, 0.2) is 23.3 Å². The van der Waals surface area contributed by atoms with E-state index in [1.165, 1.54) is 0 Å². The second-order valence-electron chi connectivity index (χ2n) is 6.20. The summed E-state index contributed by atoms with van der Waals surface area (Å²) in [6.07, 6.45) is 3.12. The Bertz CT molecular complexity index is 806. The number of halogens is 1. The number of ether oxygens (including phenoxy) is 3. The van der Waals surface area contributed by atoms with Crippen LogP contribution in [-0.4, -0.2) is 60.6 Å². The van der Waals surface area contributed by atoms with Gasteiger partial charge in [0.1, 0.15) is 12.4 Å². The first-order valence-electron chi connectivity index (χ1n) is 9.23. The molecule has 30 heavy (non-hydrogen) atoms. The summed E-state index contributed by atoms with van der Waals surface area (Å²) in [6.45, 7) is 3.12. The number of nitrogens with one attached hydrogen (secondary N) is 2. The standard InChI is InChI=1S/C19H30N6O3S.HI/c1-13-23-24-17(25(13)2)12-21-19(20-8-7-9-29-6)22-14-10-15(26-3)18(28-5)16(11-14)27-4;/h10-11H,7-9,12H2,1-6H3,(H2,20,21,22);1H. The number of aryl methyl sites for hydroxylation is 1. The van der Waals surface area contributed by atoms with Crippen molar-refractivity contribution in [3.63, 3.8) is 0 Å². The SMILES string of the molecule is COc1cc(NC(=NCc2nnc(C)n2C)NCCCSC)cc(OC)c1OC.I. The minimum absolute atomic E-state index is 0. The maximum absolute atomic E-state index is 5.43. The number of hydrogen-bond acceptors (Lipinski definition) is 7. The van der Waals surface area contributed by atoms with E-state index in [1.807, 2.05) is 42.4 Å². The number of anilines is 1. The van der Waals surface area contributed by atoms with Gasteiger partial charge in [-0.05, 0) is 25.4 Å². The number of aliphatic imine (C=N–C) groups is 1. The number of hydrogen-bond donors (Lipinski definition) is 2. The van der Waals surface area contributed by atoms with Gasteiger partial charge >= 0.3 is 0 Å². The van der Waals surface area contributed by atoms with Crippen LogP contribution < -0.4 is 24.8 Å². The van der Waals surface area contributed by atoms with Crippen LogP contribution in [0.4, 0.5) is 5.69 Å². The van der Waals surface area contributed by atoms with Crippen LogP contribution in [-0.2, 0) is 13.6 Å². The number of methoxy groups -OCH3 is 3.